The largest absolute Gasteiger partial charge is 0.394 e. The molecular formula is C50H99NO4. The maximum atomic E-state index is 12.5. The SMILES string of the molecule is CCCCCCCCCCCCCCCCCCCCCCCC/C=C/C(O)C(CO)NC(=O)C(O)CCCCCCCCCCCCCCCCCCC. The van der Waals surface area contributed by atoms with Gasteiger partial charge in [-0.05, 0) is 19.3 Å². The molecule has 0 saturated carbocycles. The number of hydrogen-bond acceptors (Lipinski definition) is 4. The van der Waals surface area contributed by atoms with Gasteiger partial charge in [0.2, 0.25) is 5.91 Å². The number of amides is 1. The highest BCUT2D eigenvalue weighted by Crippen LogP contribution is 2.17. The first-order valence-electron chi connectivity index (χ1n) is 25.0. The minimum absolute atomic E-state index is 0.359. The van der Waals surface area contributed by atoms with Gasteiger partial charge in [0, 0.05) is 0 Å². The Morgan fingerprint density at radius 1 is 0.436 bits per heavy atom. The zero-order valence-electron chi connectivity index (χ0n) is 37.3. The first-order chi connectivity index (χ1) is 27.1. The summed E-state index contributed by atoms with van der Waals surface area (Å²) in [5.74, 6) is -0.498. The summed E-state index contributed by atoms with van der Waals surface area (Å²) in [4.78, 5) is 12.5. The molecule has 328 valence electrons. The Morgan fingerprint density at radius 2 is 0.709 bits per heavy atom. The maximum absolute atomic E-state index is 12.5. The molecule has 0 rings (SSSR count). The van der Waals surface area contributed by atoms with Crippen LogP contribution in [-0.4, -0.2) is 46.1 Å². The molecule has 3 unspecified atom stereocenters. The summed E-state index contributed by atoms with van der Waals surface area (Å²) in [6, 6.07) is -0.793. The molecule has 0 aromatic rings. The van der Waals surface area contributed by atoms with Crippen LogP contribution in [0.1, 0.15) is 277 Å². The molecule has 55 heavy (non-hydrogen) atoms. The minimum Gasteiger partial charge on any atom is -0.394 e. The Morgan fingerprint density at radius 3 is 1.00 bits per heavy atom. The number of carbonyl (C=O) groups excluding carboxylic acids is 1. The highest BCUT2D eigenvalue weighted by atomic mass is 16.3. The van der Waals surface area contributed by atoms with Gasteiger partial charge in [0.15, 0.2) is 0 Å². The van der Waals surface area contributed by atoms with Crippen molar-refractivity contribution in [3.05, 3.63) is 12.2 Å². The lowest BCUT2D eigenvalue weighted by Crippen LogP contribution is -2.48. The van der Waals surface area contributed by atoms with Gasteiger partial charge in [-0.2, -0.15) is 0 Å². The van der Waals surface area contributed by atoms with Crippen LogP contribution in [0.2, 0.25) is 0 Å². The first kappa shape index (κ1) is 54.1. The zero-order chi connectivity index (χ0) is 40.1. The average molecular weight is 778 g/mol. The fraction of sp³-hybridized carbons (Fsp3) is 0.940. The monoisotopic (exact) mass is 778 g/mol. The third-order valence-corrected chi connectivity index (χ3v) is 11.9. The fourth-order valence-electron chi connectivity index (χ4n) is 7.95. The lowest BCUT2D eigenvalue weighted by Gasteiger charge is -2.21. The number of hydrogen-bond donors (Lipinski definition) is 4. The summed E-state index contributed by atoms with van der Waals surface area (Å²) in [5.41, 5.74) is 0. The summed E-state index contributed by atoms with van der Waals surface area (Å²) in [7, 11) is 0. The van der Waals surface area contributed by atoms with Crippen molar-refractivity contribution in [3.63, 3.8) is 0 Å². The molecule has 0 aliphatic heterocycles. The van der Waals surface area contributed by atoms with Gasteiger partial charge in [0.25, 0.3) is 0 Å². The molecule has 0 heterocycles. The highest BCUT2D eigenvalue weighted by molar-refractivity contribution is 5.80. The molecule has 5 heteroatoms. The van der Waals surface area contributed by atoms with Crippen molar-refractivity contribution < 1.29 is 20.1 Å². The number of allylic oxidation sites excluding steroid dienone is 1. The first-order valence-corrected chi connectivity index (χ1v) is 25.0. The van der Waals surface area contributed by atoms with E-state index in [4.69, 9.17) is 0 Å². The lowest BCUT2D eigenvalue weighted by atomic mass is 10.0. The van der Waals surface area contributed by atoms with Crippen molar-refractivity contribution in [1.29, 1.82) is 0 Å². The third kappa shape index (κ3) is 41.1. The van der Waals surface area contributed by atoms with Gasteiger partial charge in [-0.25, -0.2) is 0 Å². The van der Waals surface area contributed by atoms with Crippen LogP contribution in [0.5, 0.6) is 0 Å². The van der Waals surface area contributed by atoms with Crippen molar-refractivity contribution in [2.45, 2.75) is 295 Å². The predicted octanol–water partition coefficient (Wildman–Crippen LogP) is 14.8. The lowest BCUT2D eigenvalue weighted by molar-refractivity contribution is -0.131. The molecule has 0 spiro atoms. The molecule has 0 aliphatic carbocycles. The van der Waals surface area contributed by atoms with Crippen LogP contribution in [0, 0.1) is 0 Å². The average Bonchev–Trinajstić information content (AvgIpc) is 3.19. The molecule has 0 aromatic carbocycles. The molecule has 0 aliphatic rings. The van der Waals surface area contributed by atoms with Crippen molar-refractivity contribution in [1.82, 2.24) is 5.32 Å². The van der Waals surface area contributed by atoms with Crippen LogP contribution in [0.4, 0.5) is 0 Å². The van der Waals surface area contributed by atoms with Gasteiger partial charge in [-0.15, -0.1) is 0 Å². The molecule has 0 radical (unpaired) electrons. The van der Waals surface area contributed by atoms with Crippen molar-refractivity contribution in [3.8, 4) is 0 Å². The van der Waals surface area contributed by atoms with E-state index in [0.717, 1.165) is 32.1 Å². The van der Waals surface area contributed by atoms with Gasteiger partial charge in [-0.1, -0.05) is 270 Å². The molecule has 0 aromatic heterocycles. The molecule has 3 atom stereocenters. The van der Waals surface area contributed by atoms with Crippen molar-refractivity contribution >= 4 is 5.91 Å². The maximum Gasteiger partial charge on any atom is 0.249 e. The summed E-state index contributed by atoms with van der Waals surface area (Å²) in [6.45, 7) is 4.21. The second kappa shape index (κ2) is 45.8. The Bertz CT molecular complexity index is 773. The second-order valence-corrected chi connectivity index (χ2v) is 17.4. The number of aliphatic hydroxyl groups is 3. The number of nitrogens with one attached hydrogen (secondary N) is 1. The molecule has 1 amide bonds. The topological polar surface area (TPSA) is 89.8 Å². The smallest absolute Gasteiger partial charge is 0.249 e. The molecular weight excluding hydrogens is 679 g/mol. The molecule has 0 bridgehead atoms. The standard InChI is InChI=1S/C50H99NO4/c1-3-5-7-9-11-13-15-17-19-21-22-23-24-25-26-27-29-30-32-34-36-38-40-42-44-48(53)47(46-52)51-50(55)49(54)45-43-41-39-37-35-33-31-28-20-18-16-14-12-10-8-6-4-2/h42,44,47-49,52-54H,3-41,43,45-46H2,1-2H3,(H,51,55)/b44-42+. The zero-order valence-corrected chi connectivity index (χ0v) is 37.3. The van der Waals surface area contributed by atoms with Crippen LogP contribution < -0.4 is 5.32 Å². The van der Waals surface area contributed by atoms with Crippen molar-refractivity contribution in [2.75, 3.05) is 6.61 Å². The van der Waals surface area contributed by atoms with Gasteiger partial charge < -0.3 is 20.6 Å². The number of unbranched alkanes of at least 4 members (excludes halogenated alkanes) is 38. The van der Waals surface area contributed by atoms with E-state index < -0.39 is 24.2 Å². The van der Waals surface area contributed by atoms with Gasteiger partial charge in [0.05, 0.1) is 18.8 Å². The van der Waals surface area contributed by atoms with Gasteiger partial charge >= 0.3 is 0 Å². The molecule has 4 N–H and O–H groups in total. The van der Waals surface area contributed by atoms with E-state index in [1.54, 1.807) is 6.08 Å². The normalized spacial score (nSPS) is 13.5. The van der Waals surface area contributed by atoms with E-state index in [9.17, 15) is 20.1 Å². The van der Waals surface area contributed by atoms with Gasteiger partial charge in [-0.3, -0.25) is 4.79 Å². The quantitative estimate of drug-likeness (QED) is 0.0366. The van der Waals surface area contributed by atoms with Crippen LogP contribution >= 0.6 is 0 Å². The van der Waals surface area contributed by atoms with Crippen LogP contribution in [0.3, 0.4) is 0 Å². The summed E-state index contributed by atoms with van der Waals surface area (Å²) in [6.07, 6.45) is 55.5. The second-order valence-electron chi connectivity index (χ2n) is 17.4. The van der Waals surface area contributed by atoms with E-state index >= 15 is 0 Å². The van der Waals surface area contributed by atoms with E-state index in [2.05, 4.69) is 19.2 Å². The Labute approximate surface area is 344 Å². The van der Waals surface area contributed by atoms with Crippen LogP contribution in [-0.2, 0) is 4.79 Å². The van der Waals surface area contributed by atoms with E-state index in [1.165, 1.54) is 225 Å². The Balaban J connectivity index is 3.58. The van der Waals surface area contributed by atoms with Gasteiger partial charge in [0.1, 0.15) is 6.10 Å². The van der Waals surface area contributed by atoms with Crippen LogP contribution in [0.15, 0.2) is 12.2 Å². The third-order valence-electron chi connectivity index (χ3n) is 11.9. The van der Waals surface area contributed by atoms with E-state index in [-0.39, 0.29) is 6.61 Å². The Kier molecular flexibility index (Phi) is 45.0. The summed E-state index contributed by atoms with van der Waals surface area (Å²) in [5, 5.41) is 33.3. The molecule has 0 fully saturated rings. The predicted molar refractivity (Wildman–Crippen MR) is 241 cm³/mol. The van der Waals surface area contributed by atoms with E-state index in [1.807, 2.05) is 6.08 Å². The number of rotatable bonds is 46. The van der Waals surface area contributed by atoms with Crippen LogP contribution in [0.25, 0.3) is 0 Å². The number of carbonyl (C=O) groups is 1. The minimum atomic E-state index is -1.09. The highest BCUT2D eigenvalue weighted by Gasteiger charge is 2.22. The van der Waals surface area contributed by atoms with E-state index in [0.29, 0.717) is 6.42 Å². The number of aliphatic hydroxyl groups excluding tert-OH is 3. The Hall–Kier alpha value is -0.910. The van der Waals surface area contributed by atoms with Crippen molar-refractivity contribution in [2.24, 2.45) is 0 Å². The summed E-state index contributed by atoms with van der Waals surface area (Å²) >= 11 is 0. The molecule has 5 nitrogen and oxygen atoms in total. The summed E-state index contributed by atoms with van der Waals surface area (Å²) < 4.78 is 0. The fourth-order valence-corrected chi connectivity index (χ4v) is 7.95. The molecule has 0 saturated heterocycles.